The van der Waals surface area contributed by atoms with Gasteiger partial charge in [-0.15, -0.1) is 11.3 Å². The van der Waals surface area contributed by atoms with Gasteiger partial charge in [0.15, 0.2) is 0 Å². The van der Waals surface area contributed by atoms with E-state index in [0.29, 0.717) is 12.6 Å². The van der Waals surface area contributed by atoms with Crippen molar-refractivity contribution < 1.29 is 9.53 Å². The highest BCUT2D eigenvalue weighted by molar-refractivity contribution is 7.12. The van der Waals surface area contributed by atoms with Gasteiger partial charge in [-0.1, -0.05) is 6.07 Å². The summed E-state index contributed by atoms with van der Waals surface area (Å²) in [5, 5.41) is 5.05. The maximum Gasteiger partial charge on any atom is 0.261 e. The van der Waals surface area contributed by atoms with Crippen molar-refractivity contribution in [2.45, 2.75) is 50.8 Å². The molecule has 3 rings (SSSR count). The number of rotatable bonds is 3. The molecule has 2 fully saturated rings. The van der Waals surface area contributed by atoms with E-state index in [2.05, 4.69) is 24.1 Å². The van der Waals surface area contributed by atoms with Crippen LogP contribution >= 0.6 is 11.3 Å². The molecule has 1 atom stereocenters. The lowest BCUT2D eigenvalue weighted by Gasteiger charge is -2.40. The molecule has 0 aromatic carbocycles. The first kappa shape index (κ1) is 15.0. The van der Waals surface area contributed by atoms with Gasteiger partial charge < -0.3 is 15.0 Å². The Labute approximate surface area is 130 Å². The van der Waals surface area contributed by atoms with E-state index in [4.69, 9.17) is 4.74 Å². The fraction of sp³-hybridized carbons (Fsp3) is 0.688. The van der Waals surface area contributed by atoms with Gasteiger partial charge >= 0.3 is 0 Å². The summed E-state index contributed by atoms with van der Waals surface area (Å²) in [5.74, 6) is 0.0373. The van der Waals surface area contributed by atoms with Crippen LogP contribution in [0.25, 0.3) is 0 Å². The van der Waals surface area contributed by atoms with Crippen LogP contribution in [0.4, 0.5) is 0 Å². The number of thiophene rings is 1. The lowest BCUT2D eigenvalue weighted by molar-refractivity contribution is -0.0484. The molecule has 4 nitrogen and oxygen atoms in total. The van der Waals surface area contributed by atoms with Crippen LogP contribution in [-0.4, -0.2) is 48.2 Å². The van der Waals surface area contributed by atoms with E-state index in [9.17, 15) is 4.79 Å². The van der Waals surface area contributed by atoms with E-state index in [-0.39, 0.29) is 17.6 Å². The van der Waals surface area contributed by atoms with Crippen LogP contribution in [0.2, 0.25) is 0 Å². The van der Waals surface area contributed by atoms with Crippen molar-refractivity contribution >= 4 is 17.2 Å². The number of nitrogens with one attached hydrogen (secondary N) is 1. The average Bonchev–Trinajstić information content (AvgIpc) is 3.10. The zero-order valence-corrected chi connectivity index (χ0v) is 13.6. The molecule has 2 aliphatic heterocycles. The third-order valence-electron chi connectivity index (χ3n) is 4.73. The predicted octanol–water partition coefficient (Wildman–Crippen LogP) is 2.51. The standard InChI is InChI=1S/C16H24N2O2S/c1-12(2)18-7-5-16(6-8-18)10-13(11-20-16)17-15(19)14-4-3-9-21-14/h3-4,9,12-13H,5-8,10-11H2,1-2H3,(H,17,19)/t13-/m0/s1. The smallest absolute Gasteiger partial charge is 0.261 e. The molecule has 1 amide bonds. The maximum absolute atomic E-state index is 12.1. The summed E-state index contributed by atoms with van der Waals surface area (Å²) in [7, 11) is 0. The van der Waals surface area contributed by atoms with Gasteiger partial charge in [0.2, 0.25) is 0 Å². The summed E-state index contributed by atoms with van der Waals surface area (Å²) >= 11 is 1.49. The highest BCUT2D eigenvalue weighted by Gasteiger charge is 2.43. The van der Waals surface area contributed by atoms with Gasteiger partial charge in [-0.05, 0) is 44.6 Å². The average molecular weight is 308 g/mol. The summed E-state index contributed by atoms with van der Waals surface area (Å²) in [5.41, 5.74) is -0.00120. The topological polar surface area (TPSA) is 41.6 Å². The Morgan fingerprint density at radius 2 is 2.24 bits per heavy atom. The van der Waals surface area contributed by atoms with E-state index >= 15 is 0 Å². The lowest BCUT2D eigenvalue weighted by atomic mass is 9.87. The second kappa shape index (κ2) is 6.07. The molecule has 0 radical (unpaired) electrons. The van der Waals surface area contributed by atoms with Gasteiger partial charge in [0, 0.05) is 19.1 Å². The van der Waals surface area contributed by atoms with E-state index in [1.54, 1.807) is 0 Å². The Balaban J connectivity index is 1.53. The molecular weight excluding hydrogens is 284 g/mol. The first-order valence-electron chi connectivity index (χ1n) is 7.80. The molecule has 0 bridgehead atoms. The molecule has 2 aliphatic rings. The Bertz CT molecular complexity index is 478. The number of piperidine rings is 1. The summed E-state index contributed by atoms with van der Waals surface area (Å²) in [6, 6.07) is 4.55. The first-order valence-corrected chi connectivity index (χ1v) is 8.68. The van der Waals surface area contributed by atoms with Gasteiger partial charge in [-0.25, -0.2) is 0 Å². The van der Waals surface area contributed by atoms with Crippen LogP contribution in [0.5, 0.6) is 0 Å². The summed E-state index contributed by atoms with van der Waals surface area (Å²) in [4.78, 5) is 15.4. The van der Waals surface area contributed by atoms with Crippen molar-refractivity contribution in [3.63, 3.8) is 0 Å². The number of nitrogens with zero attached hydrogens (tertiary/aromatic N) is 1. The lowest BCUT2D eigenvalue weighted by Crippen LogP contribution is -2.47. The second-order valence-electron chi connectivity index (χ2n) is 6.48. The van der Waals surface area contributed by atoms with E-state index in [0.717, 1.165) is 37.2 Å². The van der Waals surface area contributed by atoms with Gasteiger partial charge in [-0.3, -0.25) is 4.79 Å². The molecule has 0 aliphatic carbocycles. The van der Waals surface area contributed by atoms with E-state index in [1.807, 2.05) is 17.5 Å². The minimum atomic E-state index is -0.00120. The molecule has 5 heteroatoms. The minimum Gasteiger partial charge on any atom is -0.373 e. The number of amides is 1. The van der Waals surface area contributed by atoms with Crippen molar-refractivity contribution in [2.24, 2.45) is 0 Å². The molecule has 2 saturated heterocycles. The largest absolute Gasteiger partial charge is 0.373 e. The zero-order valence-electron chi connectivity index (χ0n) is 12.8. The fourth-order valence-electron chi connectivity index (χ4n) is 3.40. The number of likely N-dealkylation sites (tertiary alicyclic amines) is 1. The van der Waals surface area contributed by atoms with Gasteiger partial charge in [0.05, 0.1) is 23.1 Å². The molecule has 3 heterocycles. The number of carbonyl (C=O) groups excluding carboxylic acids is 1. The summed E-state index contributed by atoms with van der Waals surface area (Å²) in [6.07, 6.45) is 3.11. The summed E-state index contributed by atoms with van der Waals surface area (Å²) < 4.78 is 6.10. The predicted molar refractivity (Wildman–Crippen MR) is 84.8 cm³/mol. The third kappa shape index (κ3) is 3.30. The Morgan fingerprint density at radius 3 is 2.86 bits per heavy atom. The van der Waals surface area contributed by atoms with Crippen LogP contribution in [-0.2, 0) is 4.74 Å². The monoisotopic (exact) mass is 308 g/mol. The molecule has 21 heavy (non-hydrogen) atoms. The zero-order chi connectivity index (χ0) is 14.9. The van der Waals surface area contributed by atoms with Crippen LogP contribution < -0.4 is 5.32 Å². The SMILES string of the molecule is CC(C)N1CCC2(CC1)C[C@H](NC(=O)c1cccs1)CO2. The van der Waals surface area contributed by atoms with Crippen LogP contribution in [0.15, 0.2) is 17.5 Å². The fourth-order valence-corrected chi connectivity index (χ4v) is 4.02. The van der Waals surface area contributed by atoms with Gasteiger partial charge in [0.1, 0.15) is 0 Å². The Hall–Kier alpha value is -0.910. The van der Waals surface area contributed by atoms with Crippen LogP contribution in [0, 0.1) is 0 Å². The molecule has 0 unspecified atom stereocenters. The molecule has 116 valence electrons. The number of hydrogen-bond acceptors (Lipinski definition) is 4. The molecule has 1 aromatic rings. The van der Waals surface area contributed by atoms with Crippen molar-refractivity contribution in [2.75, 3.05) is 19.7 Å². The number of hydrogen-bond donors (Lipinski definition) is 1. The number of carbonyl (C=O) groups is 1. The first-order chi connectivity index (χ1) is 10.1. The quantitative estimate of drug-likeness (QED) is 0.933. The van der Waals surface area contributed by atoms with Gasteiger partial charge in [-0.2, -0.15) is 0 Å². The van der Waals surface area contributed by atoms with Crippen molar-refractivity contribution in [1.29, 1.82) is 0 Å². The minimum absolute atomic E-state index is 0.00120. The van der Waals surface area contributed by atoms with Gasteiger partial charge in [0.25, 0.3) is 5.91 Å². The third-order valence-corrected chi connectivity index (χ3v) is 5.60. The van der Waals surface area contributed by atoms with E-state index < -0.39 is 0 Å². The highest BCUT2D eigenvalue weighted by atomic mass is 32.1. The van der Waals surface area contributed by atoms with Crippen molar-refractivity contribution in [3.8, 4) is 0 Å². The Kier molecular flexibility index (Phi) is 4.33. The molecule has 0 saturated carbocycles. The second-order valence-corrected chi connectivity index (χ2v) is 7.42. The molecule has 1 spiro atoms. The van der Waals surface area contributed by atoms with Crippen molar-refractivity contribution in [3.05, 3.63) is 22.4 Å². The molecular formula is C16H24N2O2S. The van der Waals surface area contributed by atoms with E-state index in [1.165, 1.54) is 11.3 Å². The highest BCUT2D eigenvalue weighted by Crippen LogP contribution is 2.36. The Morgan fingerprint density at radius 1 is 1.48 bits per heavy atom. The van der Waals surface area contributed by atoms with Crippen LogP contribution in [0.3, 0.4) is 0 Å². The molecule has 1 aromatic heterocycles. The van der Waals surface area contributed by atoms with Crippen molar-refractivity contribution in [1.82, 2.24) is 10.2 Å². The summed E-state index contributed by atoms with van der Waals surface area (Å²) in [6.45, 7) is 7.35. The normalized spacial score (nSPS) is 25.6. The number of ether oxygens (including phenoxy) is 1. The molecule has 1 N–H and O–H groups in total. The van der Waals surface area contributed by atoms with Crippen LogP contribution in [0.1, 0.15) is 42.8 Å². The maximum atomic E-state index is 12.1.